The third kappa shape index (κ3) is 3.48. The molecule has 2 aromatic rings. The molecule has 0 saturated heterocycles. The molecule has 0 radical (unpaired) electrons. The van der Waals surface area contributed by atoms with Crippen molar-refractivity contribution in [1.82, 2.24) is 0 Å². The van der Waals surface area contributed by atoms with E-state index in [1.54, 1.807) is 25.3 Å². The second-order valence-electron chi connectivity index (χ2n) is 3.96. The maximum Gasteiger partial charge on any atom is 0.123 e. The first-order chi connectivity index (χ1) is 9.19. The molecule has 0 aliphatic carbocycles. The Morgan fingerprint density at radius 1 is 1.11 bits per heavy atom. The van der Waals surface area contributed by atoms with Gasteiger partial charge in [-0.15, -0.1) is 0 Å². The SMILES string of the molecule is COc1cccc(OCc2cccc(C(=O)[O-])c2)c1. The summed E-state index contributed by atoms with van der Waals surface area (Å²) < 4.78 is 10.7. The van der Waals surface area contributed by atoms with E-state index in [2.05, 4.69) is 0 Å². The van der Waals surface area contributed by atoms with E-state index < -0.39 is 5.97 Å². The topological polar surface area (TPSA) is 58.6 Å². The van der Waals surface area contributed by atoms with E-state index in [0.717, 1.165) is 5.56 Å². The number of benzene rings is 2. The molecule has 0 heterocycles. The minimum Gasteiger partial charge on any atom is -0.545 e. The van der Waals surface area contributed by atoms with Crippen LogP contribution in [0.25, 0.3) is 0 Å². The fourth-order valence-electron chi connectivity index (χ4n) is 1.65. The summed E-state index contributed by atoms with van der Waals surface area (Å²) in [6.45, 7) is 0.286. The molecule has 2 aromatic carbocycles. The Morgan fingerprint density at radius 3 is 2.58 bits per heavy atom. The van der Waals surface area contributed by atoms with Crippen molar-refractivity contribution in [1.29, 1.82) is 0 Å². The lowest BCUT2D eigenvalue weighted by Crippen LogP contribution is -2.22. The first-order valence-corrected chi connectivity index (χ1v) is 5.76. The zero-order valence-corrected chi connectivity index (χ0v) is 10.5. The van der Waals surface area contributed by atoms with Crippen LogP contribution in [-0.4, -0.2) is 13.1 Å². The highest BCUT2D eigenvalue weighted by Crippen LogP contribution is 2.20. The Kier molecular flexibility index (Phi) is 4.03. The summed E-state index contributed by atoms with van der Waals surface area (Å²) in [5, 5.41) is 10.7. The molecule has 0 aliphatic rings. The van der Waals surface area contributed by atoms with Gasteiger partial charge in [0.05, 0.1) is 13.1 Å². The van der Waals surface area contributed by atoms with E-state index in [1.807, 2.05) is 18.2 Å². The molecule has 4 heteroatoms. The fraction of sp³-hybridized carbons (Fsp3) is 0.133. The van der Waals surface area contributed by atoms with Crippen LogP contribution in [0.4, 0.5) is 0 Å². The maximum absolute atomic E-state index is 10.7. The quantitative estimate of drug-likeness (QED) is 0.817. The van der Waals surface area contributed by atoms with E-state index in [4.69, 9.17) is 9.47 Å². The van der Waals surface area contributed by atoms with Gasteiger partial charge in [0.25, 0.3) is 0 Å². The Morgan fingerprint density at radius 2 is 1.84 bits per heavy atom. The zero-order chi connectivity index (χ0) is 13.7. The molecule has 0 amide bonds. The fourth-order valence-corrected chi connectivity index (χ4v) is 1.65. The molecule has 4 nitrogen and oxygen atoms in total. The lowest BCUT2D eigenvalue weighted by molar-refractivity contribution is -0.255. The second-order valence-corrected chi connectivity index (χ2v) is 3.96. The normalized spacial score (nSPS) is 9.95. The minimum atomic E-state index is -1.19. The van der Waals surface area contributed by atoms with Crippen molar-refractivity contribution in [2.75, 3.05) is 7.11 Å². The van der Waals surface area contributed by atoms with Crippen molar-refractivity contribution in [2.45, 2.75) is 6.61 Å². The van der Waals surface area contributed by atoms with Gasteiger partial charge in [0, 0.05) is 6.07 Å². The van der Waals surface area contributed by atoms with Gasteiger partial charge in [-0.05, 0) is 29.3 Å². The number of hydrogen-bond donors (Lipinski definition) is 0. The molecule has 0 spiro atoms. The van der Waals surface area contributed by atoms with Crippen LogP contribution in [0.3, 0.4) is 0 Å². The van der Waals surface area contributed by atoms with Crippen LogP contribution < -0.4 is 14.6 Å². The molecule has 98 valence electrons. The van der Waals surface area contributed by atoms with Crippen molar-refractivity contribution in [3.8, 4) is 11.5 Å². The monoisotopic (exact) mass is 257 g/mol. The van der Waals surface area contributed by atoms with Crippen LogP contribution in [0.2, 0.25) is 0 Å². The van der Waals surface area contributed by atoms with Gasteiger partial charge < -0.3 is 19.4 Å². The Labute approximate surface area is 111 Å². The highest BCUT2D eigenvalue weighted by molar-refractivity contribution is 5.85. The summed E-state index contributed by atoms with van der Waals surface area (Å²) >= 11 is 0. The van der Waals surface area contributed by atoms with E-state index in [9.17, 15) is 9.90 Å². The van der Waals surface area contributed by atoms with Crippen molar-refractivity contribution < 1.29 is 19.4 Å². The Bertz CT molecular complexity index is 578. The van der Waals surface area contributed by atoms with Gasteiger partial charge in [0.15, 0.2) is 0 Å². The first kappa shape index (κ1) is 13.0. The highest BCUT2D eigenvalue weighted by Gasteiger charge is 2.00. The minimum absolute atomic E-state index is 0.145. The summed E-state index contributed by atoms with van der Waals surface area (Å²) in [5.74, 6) is 0.183. The van der Waals surface area contributed by atoms with Gasteiger partial charge in [0.2, 0.25) is 0 Å². The van der Waals surface area contributed by atoms with Gasteiger partial charge in [-0.2, -0.15) is 0 Å². The van der Waals surface area contributed by atoms with Crippen LogP contribution in [-0.2, 0) is 6.61 Å². The van der Waals surface area contributed by atoms with Gasteiger partial charge >= 0.3 is 0 Å². The van der Waals surface area contributed by atoms with Crippen molar-refractivity contribution in [2.24, 2.45) is 0 Å². The van der Waals surface area contributed by atoms with E-state index >= 15 is 0 Å². The molecule has 0 aliphatic heterocycles. The van der Waals surface area contributed by atoms with Crippen LogP contribution in [0.15, 0.2) is 48.5 Å². The number of carboxylic acids is 1. The summed E-state index contributed by atoms with van der Waals surface area (Å²) in [6, 6.07) is 13.7. The van der Waals surface area contributed by atoms with E-state index in [-0.39, 0.29) is 12.2 Å². The lowest BCUT2D eigenvalue weighted by Gasteiger charge is -2.09. The number of carboxylic acid groups (broad SMARTS) is 1. The molecule has 0 aromatic heterocycles. The van der Waals surface area contributed by atoms with Crippen LogP contribution >= 0.6 is 0 Å². The number of hydrogen-bond acceptors (Lipinski definition) is 4. The van der Waals surface area contributed by atoms with Crippen LogP contribution in [0, 0.1) is 0 Å². The van der Waals surface area contributed by atoms with Crippen LogP contribution in [0.5, 0.6) is 11.5 Å². The van der Waals surface area contributed by atoms with Gasteiger partial charge in [-0.3, -0.25) is 0 Å². The molecule has 0 N–H and O–H groups in total. The van der Waals surface area contributed by atoms with Gasteiger partial charge in [0.1, 0.15) is 18.1 Å². The largest absolute Gasteiger partial charge is 0.545 e. The number of rotatable bonds is 5. The number of ether oxygens (including phenoxy) is 2. The lowest BCUT2D eigenvalue weighted by atomic mass is 10.1. The third-order valence-corrected chi connectivity index (χ3v) is 2.61. The van der Waals surface area contributed by atoms with Crippen LogP contribution in [0.1, 0.15) is 15.9 Å². The third-order valence-electron chi connectivity index (χ3n) is 2.61. The predicted molar refractivity (Wildman–Crippen MR) is 68.1 cm³/mol. The molecule has 0 bridgehead atoms. The smallest absolute Gasteiger partial charge is 0.123 e. The first-order valence-electron chi connectivity index (χ1n) is 5.76. The number of carbonyl (C=O) groups is 1. The molecule has 0 saturated carbocycles. The molecular weight excluding hydrogens is 244 g/mol. The number of aromatic carboxylic acids is 1. The predicted octanol–water partition coefficient (Wildman–Crippen LogP) is 1.64. The van der Waals surface area contributed by atoms with E-state index in [1.165, 1.54) is 12.1 Å². The average molecular weight is 257 g/mol. The average Bonchev–Trinajstić information content (AvgIpc) is 2.45. The zero-order valence-electron chi connectivity index (χ0n) is 10.5. The molecule has 2 rings (SSSR count). The summed E-state index contributed by atoms with van der Waals surface area (Å²) in [6.07, 6.45) is 0. The Hall–Kier alpha value is -2.49. The van der Waals surface area contributed by atoms with Crippen molar-refractivity contribution in [3.05, 3.63) is 59.7 Å². The molecular formula is C15H13O4-. The van der Waals surface area contributed by atoms with Gasteiger partial charge in [-0.25, -0.2) is 0 Å². The summed E-state index contributed by atoms with van der Waals surface area (Å²) in [7, 11) is 1.59. The van der Waals surface area contributed by atoms with Crippen molar-refractivity contribution in [3.63, 3.8) is 0 Å². The second kappa shape index (κ2) is 5.91. The summed E-state index contributed by atoms with van der Waals surface area (Å²) in [4.78, 5) is 10.7. The standard InChI is InChI=1S/C15H14O4/c1-18-13-6-3-7-14(9-13)19-10-11-4-2-5-12(8-11)15(16)17/h2-9H,10H2,1H3,(H,16,17)/p-1. The highest BCUT2D eigenvalue weighted by atomic mass is 16.5. The van der Waals surface area contributed by atoms with Crippen molar-refractivity contribution >= 4 is 5.97 Å². The maximum atomic E-state index is 10.7. The molecule has 0 fully saturated rings. The van der Waals surface area contributed by atoms with E-state index in [0.29, 0.717) is 11.5 Å². The van der Waals surface area contributed by atoms with Gasteiger partial charge in [-0.1, -0.05) is 24.3 Å². The number of carbonyl (C=O) groups excluding carboxylic acids is 1. The molecule has 19 heavy (non-hydrogen) atoms. The molecule has 0 atom stereocenters. The Balaban J connectivity index is 2.05. The number of methoxy groups -OCH3 is 1. The molecule has 0 unspecified atom stereocenters. The summed E-state index contributed by atoms with van der Waals surface area (Å²) in [5.41, 5.74) is 0.913.